The average Bonchev–Trinajstić information content (AvgIpc) is 3.52. The molecule has 1 saturated heterocycles. The minimum absolute atomic E-state index is 0.0541. The Bertz CT molecular complexity index is 1820. The van der Waals surface area contributed by atoms with Gasteiger partial charge in [-0.25, -0.2) is 9.97 Å². The summed E-state index contributed by atoms with van der Waals surface area (Å²) in [4.78, 5) is 24.2. The first-order valence-corrected chi connectivity index (χ1v) is 15.6. The third-order valence-electron chi connectivity index (χ3n) is 7.09. The number of rotatable bonds is 5. The van der Waals surface area contributed by atoms with E-state index in [1.165, 1.54) is 11.3 Å². The van der Waals surface area contributed by atoms with Gasteiger partial charge < -0.3 is 10.2 Å². The number of benzene rings is 3. The molecule has 2 aromatic heterocycles. The van der Waals surface area contributed by atoms with E-state index >= 15 is 0 Å². The van der Waals surface area contributed by atoms with Crippen molar-refractivity contribution in [1.82, 2.24) is 14.9 Å². The molecule has 1 amide bonds. The maximum atomic E-state index is 12.7. The molecule has 0 bridgehead atoms. The summed E-state index contributed by atoms with van der Waals surface area (Å²) < 4.78 is 35.2. The summed E-state index contributed by atoms with van der Waals surface area (Å²) in [5, 5.41) is 4.58. The lowest BCUT2D eigenvalue weighted by Crippen LogP contribution is -2.35. The van der Waals surface area contributed by atoms with Crippen LogP contribution in [0.15, 0.2) is 59.5 Å². The van der Waals surface area contributed by atoms with Crippen molar-refractivity contribution in [3.63, 3.8) is 0 Å². The number of hydrogen-bond donors (Lipinski definition) is 2. The first kappa shape index (κ1) is 26.0. The van der Waals surface area contributed by atoms with Crippen molar-refractivity contribution in [2.75, 3.05) is 25.5 Å². The van der Waals surface area contributed by atoms with E-state index in [9.17, 15) is 17.8 Å². The number of amides is 1. The van der Waals surface area contributed by atoms with Crippen LogP contribution < -0.4 is 5.32 Å². The molecule has 0 radical (unpaired) electrons. The molecule has 3 heterocycles. The summed E-state index contributed by atoms with van der Waals surface area (Å²) in [7, 11) is -2.29. The number of carbonyl (C=O) groups excluding carboxylic acids is 1. The van der Waals surface area contributed by atoms with E-state index in [1.807, 2.05) is 42.5 Å². The predicted octanol–water partition coefficient (Wildman–Crippen LogP) is 6.08. The number of thiazole rings is 2. The maximum absolute atomic E-state index is 12.7. The van der Waals surface area contributed by atoms with Crippen LogP contribution in [0.1, 0.15) is 18.4 Å². The van der Waals surface area contributed by atoms with Gasteiger partial charge in [-0.05, 0) is 94.0 Å². The quantitative estimate of drug-likeness (QED) is 0.243. The molecule has 8 nitrogen and oxygen atoms in total. The van der Waals surface area contributed by atoms with Crippen molar-refractivity contribution in [2.45, 2.75) is 24.7 Å². The molecule has 1 aliphatic heterocycles. The standard InChI is InChI=1S/C28H26N4O4S3/c1-16-3-9-22-24(25(16)39(34,35)36)38-28(31-22)19-6-10-21-23(15-19)37-27(30-21)18-4-7-20(8-5-18)29-26(33)17-11-13-32(2)14-12-17/h3-10,15,17H,11-14H2,1-2H3,(H,29,33)(H,34,35,36). The van der Waals surface area contributed by atoms with Crippen LogP contribution in [0.25, 0.3) is 41.6 Å². The zero-order valence-corrected chi connectivity index (χ0v) is 23.8. The van der Waals surface area contributed by atoms with Crippen molar-refractivity contribution in [1.29, 1.82) is 0 Å². The van der Waals surface area contributed by atoms with Crippen LogP contribution >= 0.6 is 22.7 Å². The number of carbonyl (C=O) groups is 1. The van der Waals surface area contributed by atoms with Gasteiger partial charge in [-0.2, -0.15) is 8.42 Å². The fourth-order valence-electron chi connectivity index (χ4n) is 4.90. The minimum Gasteiger partial charge on any atom is -0.326 e. The molecular weight excluding hydrogens is 553 g/mol. The Labute approximate surface area is 234 Å². The van der Waals surface area contributed by atoms with Gasteiger partial charge in [0.2, 0.25) is 5.91 Å². The van der Waals surface area contributed by atoms with Crippen LogP contribution in [-0.4, -0.2) is 53.9 Å². The molecule has 6 rings (SSSR count). The fourth-order valence-corrected chi connectivity index (χ4v) is 8.22. The molecule has 3 aromatic carbocycles. The molecule has 5 aromatic rings. The van der Waals surface area contributed by atoms with Crippen molar-refractivity contribution < 1.29 is 17.8 Å². The molecule has 0 atom stereocenters. The van der Waals surface area contributed by atoms with E-state index in [1.54, 1.807) is 30.4 Å². The summed E-state index contributed by atoms with van der Waals surface area (Å²) in [6.07, 6.45) is 1.76. The molecule has 0 saturated carbocycles. The Hall–Kier alpha value is -3.22. The topological polar surface area (TPSA) is 112 Å². The second-order valence-corrected chi connectivity index (χ2v) is 13.3. The summed E-state index contributed by atoms with van der Waals surface area (Å²) in [5.41, 5.74) is 4.46. The van der Waals surface area contributed by atoms with E-state index in [2.05, 4.69) is 22.2 Å². The summed E-state index contributed by atoms with van der Waals surface area (Å²) >= 11 is 2.80. The van der Waals surface area contributed by atoms with Crippen molar-refractivity contribution in [2.24, 2.45) is 5.92 Å². The predicted molar refractivity (Wildman–Crippen MR) is 157 cm³/mol. The highest BCUT2D eigenvalue weighted by Crippen LogP contribution is 2.38. The van der Waals surface area contributed by atoms with Crippen LogP contribution in [-0.2, 0) is 14.9 Å². The lowest BCUT2D eigenvalue weighted by atomic mass is 9.96. The molecule has 2 N–H and O–H groups in total. The number of aromatic nitrogens is 2. The lowest BCUT2D eigenvalue weighted by molar-refractivity contribution is -0.121. The molecule has 200 valence electrons. The van der Waals surface area contributed by atoms with E-state index in [0.717, 1.165) is 58.0 Å². The zero-order chi connectivity index (χ0) is 27.3. The Morgan fingerprint density at radius 1 is 0.949 bits per heavy atom. The monoisotopic (exact) mass is 578 g/mol. The smallest absolute Gasteiger partial charge is 0.296 e. The SMILES string of the molecule is Cc1ccc2nc(-c3ccc4nc(-c5ccc(NC(=O)C6CCN(C)CC6)cc5)sc4c3)sc2c1S(=O)(=O)O. The number of fused-ring (bicyclic) bond motifs is 2. The zero-order valence-electron chi connectivity index (χ0n) is 21.3. The largest absolute Gasteiger partial charge is 0.326 e. The highest BCUT2D eigenvalue weighted by molar-refractivity contribution is 7.86. The fraction of sp³-hybridized carbons (Fsp3) is 0.250. The van der Waals surface area contributed by atoms with Crippen molar-refractivity contribution >= 4 is 64.8 Å². The van der Waals surface area contributed by atoms with Crippen LogP contribution in [0.2, 0.25) is 0 Å². The van der Waals surface area contributed by atoms with Gasteiger partial charge in [0.05, 0.1) is 20.4 Å². The Balaban J connectivity index is 1.24. The first-order valence-electron chi connectivity index (χ1n) is 12.5. The number of nitrogens with zero attached hydrogens (tertiary/aromatic N) is 3. The summed E-state index contributed by atoms with van der Waals surface area (Å²) in [6.45, 7) is 3.55. The molecule has 0 spiro atoms. The van der Waals surface area contributed by atoms with Crippen molar-refractivity contribution in [3.8, 4) is 21.1 Å². The summed E-state index contributed by atoms with van der Waals surface area (Å²) in [5.74, 6) is 0.135. The third kappa shape index (κ3) is 5.20. The van der Waals surface area contributed by atoms with Crippen LogP contribution in [0.4, 0.5) is 5.69 Å². The van der Waals surface area contributed by atoms with Gasteiger partial charge in [0.25, 0.3) is 10.1 Å². The second-order valence-electron chi connectivity index (χ2n) is 9.90. The van der Waals surface area contributed by atoms with Gasteiger partial charge in [0, 0.05) is 22.7 Å². The normalized spacial score (nSPS) is 15.3. The van der Waals surface area contributed by atoms with Gasteiger partial charge in [-0.3, -0.25) is 9.35 Å². The van der Waals surface area contributed by atoms with Crippen LogP contribution in [0, 0.1) is 12.8 Å². The Morgan fingerprint density at radius 3 is 2.31 bits per heavy atom. The number of hydrogen-bond acceptors (Lipinski definition) is 8. The van der Waals surface area contributed by atoms with E-state index in [-0.39, 0.29) is 16.7 Å². The lowest BCUT2D eigenvalue weighted by Gasteiger charge is -2.28. The molecule has 0 aliphatic carbocycles. The van der Waals surface area contributed by atoms with Gasteiger partial charge in [0.15, 0.2) is 0 Å². The van der Waals surface area contributed by atoms with Gasteiger partial charge >= 0.3 is 0 Å². The highest BCUT2D eigenvalue weighted by Gasteiger charge is 2.24. The van der Waals surface area contributed by atoms with Crippen molar-refractivity contribution in [3.05, 3.63) is 60.2 Å². The maximum Gasteiger partial charge on any atom is 0.296 e. The van der Waals surface area contributed by atoms with Gasteiger partial charge in [-0.15, -0.1) is 22.7 Å². The molecule has 1 fully saturated rings. The van der Waals surface area contributed by atoms with E-state index in [0.29, 0.717) is 20.8 Å². The molecule has 1 aliphatic rings. The Morgan fingerprint density at radius 2 is 1.59 bits per heavy atom. The average molecular weight is 579 g/mol. The van der Waals surface area contributed by atoms with E-state index in [4.69, 9.17) is 4.98 Å². The van der Waals surface area contributed by atoms with E-state index < -0.39 is 10.1 Å². The Kier molecular flexibility index (Phi) is 6.72. The molecular formula is C28H26N4O4S3. The van der Waals surface area contributed by atoms with Gasteiger partial charge in [0.1, 0.15) is 14.9 Å². The number of nitrogens with one attached hydrogen (secondary N) is 1. The number of likely N-dealkylation sites (tertiary alicyclic amines) is 1. The number of anilines is 1. The number of aryl methyl sites for hydroxylation is 1. The highest BCUT2D eigenvalue weighted by atomic mass is 32.2. The number of piperidine rings is 1. The molecule has 11 heteroatoms. The first-order chi connectivity index (χ1) is 18.7. The third-order valence-corrected chi connectivity index (χ3v) is 10.5. The van der Waals surface area contributed by atoms with Crippen LogP contribution in [0.5, 0.6) is 0 Å². The minimum atomic E-state index is -4.37. The van der Waals surface area contributed by atoms with Gasteiger partial charge in [-0.1, -0.05) is 6.07 Å². The van der Waals surface area contributed by atoms with Crippen LogP contribution in [0.3, 0.4) is 0 Å². The molecule has 0 unspecified atom stereocenters. The summed E-state index contributed by atoms with van der Waals surface area (Å²) in [6, 6.07) is 17.0. The molecule has 39 heavy (non-hydrogen) atoms. The second kappa shape index (κ2) is 10.1.